The van der Waals surface area contributed by atoms with Crippen molar-refractivity contribution in [1.82, 2.24) is 15.3 Å². The van der Waals surface area contributed by atoms with Gasteiger partial charge >= 0.3 is 0 Å². The molecule has 1 atom stereocenters. The first-order valence-electron chi connectivity index (χ1n) is 6.90. The van der Waals surface area contributed by atoms with Crippen LogP contribution in [0.5, 0.6) is 0 Å². The number of aromatic nitrogens is 2. The van der Waals surface area contributed by atoms with E-state index in [1.165, 1.54) is 11.8 Å². The van der Waals surface area contributed by atoms with Crippen LogP contribution in [0.25, 0.3) is 0 Å². The zero-order chi connectivity index (χ0) is 14.8. The lowest BCUT2D eigenvalue weighted by molar-refractivity contribution is -0.124. The number of nitrogens with one attached hydrogen (secondary N) is 1. The molecular formula is C13H17ClN4O2S. The third-order valence-corrected chi connectivity index (χ3v) is 4.23. The lowest BCUT2D eigenvalue weighted by Gasteiger charge is -2.35. The maximum atomic E-state index is 12.4. The van der Waals surface area contributed by atoms with Crippen molar-refractivity contribution in [2.75, 3.05) is 30.9 Å². The number of halogens is 1. The van der Waals surface area contributed by atoms with Crippen molar-refractivity contribution >= 4 is 35.1 Å². The highest BCUT2D eigenvalue weighted by Crippen LogP contribution is 2.24. The topological polar surface area (TPSA) is 67.4 Å². The van der Waals surface area contributed by atoms with Crippen LogP contribution in [0.4, 0.5) is 5.82 Å². The number of rotatable bonds is 4. The van der Waals surface area contributed by atoms with E-state index in [-0.39, 0.29) is 11.9 Å². The van der Waals surface area contributed by atoms with Gasteiger partial charge in [-0.15, -0.1) is 0 Å². The smallest absolute Gasteiger partial charge is 0.245 e. The normalized spacial score (nSPS) is 22.2. The van der Waals surface area contributed by atoms with Gasteiger partial charge in [-0.05, 0) is 19.1 Å². The molecule has 3 rings (SSSR count). The second-order valence-corrected chi connectivity index (χ2v) is 6.26. The Morgan fingerprint density at radius 2 is 2.33 bits per heavy atom. The van der Waals surface area contributed by atoms with Crippen molar-refractivity contribution in [2.45, 2.75) is 30.1 Å². The Kier molecular flexibility index (Phi) is 4.51. The Labute approximate surface area is 132 Å². The van der Waals surface area contributed by atoms with Gasteiger partial charge in [-0.3, -0.25) is 4.79 Å². The van der Waals surface area contributed by atoms with Gasteiger partial charge in [-0.25, -0.2) is 9.97 Å². The van der Waals surface area contributed by atoms with Crippen molar-refractivity contribution < 1.29 is 9.53 Å². The summed E-state index contributed by atoms with van der Waals surface area (Å²) in [6.45, 7) is 1.56. The van der Waals surface area contributed by atoms with E-state index >= 15 is 0 Å². The van der Waals surface area contributed by atoms with Crippen LogP contribution in [0.15, 0.2) is 11.2 Å². The first kappa shape index (κ1) is 14.9. The number of hydrogen-bond acceptors (Lipinski definition) is 6. The summed E-state index contributed by atoms with van der Waals surface area (Å²) in [5.41, 5.74) is 0. The Bertz CT molecular complexity index is 541. The maximum Gasteiger partial charge on any atom is 0.245 e. The molecule has 0 spiro atoms. The maximum absolute atomic E-state index is 12.4. The summed E-state index contributed by atoms with van der Waals surface area (Å²) in [4.78, 5) is 22.9. The molecule has 1 unspecified atom stereocenters. The summed E-state index contributed by atoms with van der Waals surface area (Å²) in [6, 6.07) is 1.67. The van der Waals surface area contributed by atoms with Gasteiger partial charge < -0.3 is 15.0 Å². The summed E-state index contributed by atoms with van der Waals surface area (Å²) < 4.78 is 5.46. The lowest BCUT2D eigenvalue weighted by Crippen LogP contribution is -2.54. The lowest BCUT2D eigenvalue weighted by atomic mass is 10.2. The molecule has 6 nitrogen and oxygen atoms in total. The van der Waals surface area contributed by atoms with Gasteiger partial charge in [0.2, 0.25) is 5.91 Å². The van der Waals surface area contributed by atoms with E-state index in [4.69, 9.17) is 16.3 Å². The van der Waals surface area contributed by atoms with E-state index in [0.717, 1.165) is 12.8 Å². The van der Waals surface area contributed by atoms with E-state index in [9.17, 15) is 4.79 Å². The highest BCUT2D eigenvalue weighted by molar-refractivity contribution is 7.98. The highest BCUT2D eigenvalue weighted by atomic mass is 35.5. The predicted octanol–water partition coefficient (Wildman–Crippen LogP) is 1.34. The van der Waals surface area contributed by atoms with Crippen LogP contribution in [0, 0.1) is 0 Å². The third-order valence-electron chi connectivity index (χ3n) is 3.49. The molecular weight excluding hydrogens is 312 g/mol. The van der Waals surface area contributed by atoms with Gasteiger partial charge in [-0.1, -0.05) is 23.4 Å². The fraction of sp³-hybridized carbons (Fsp3) is 0.615. The van der Waals surface area contributed by atoms with Gasteiger partial charge in [0.15, 0.2) is 5.16 Å². The zero-order valence-corrected chi connectivity index (χ0v) is 13.3. The molecule has 0 aromatic carbocycles. The summed E-state index contributed by atoms with van der Waals surface area (Å²) >= 11 is 7.47. The van der Waals surface area contributed by atoms with Gasteiger partial charge in [0.25, 0.3) is 0 Å². The van der Waals surface area contributed by atoms with Crippen LogP contribution in [0.1, 0.15) is 12.8 Å². The number of amides is 1. The highest BCUT2D eigenvalue weighted by Gasteiger charge is 2.34. The van der Waals surface area contributed by atoms with Crippen molar-refractivity contribution in [2.24, 2.45) is 0 Å². The monoisotopic (exact) mass is 328 g/mol. The molecule has 1 amide bonds. The number of carbonyl (C=O) groups is 1. The van der Waals surface area contributed by atoms with Crippen LogP contribution in [0.3, 0.4) is 0 Å². The molecule has 1 aromatic rings. The second kappa shape index (κ2) is 6.37. The number of hydrogen-bond donors (Lipinski definition) is 1. The molecule has 2 fully saturated rings. The standard InChI is InChI=1S/C13H17ClN4O2S/c1-21-13-16-10(14)6-11(17-13)18-4-5-20-7-9(18)12(19)15-8-2-3-8/h6,8-9H,2-5,7H2,1H3,(H,15,19). The van der Waals surface area contributed by atoms with Crippen LogP contribution < -0.4 is 10.2 Å². The molecule has 0 radical (unpaired) electrons. The average molecular weight is 329 g/mol. The number of anilines is 1. The summed E-state index contributed by atoms with van der Waals surface area (Å²) in [5, 5.41) is 4.01. The molecule has 1 saturated heterocycles. The molecule has 1 N–H and O–H groups in total. The molecule has 1 aliphatic heterocycles. The van der Waals surface area contributed by atoms with E-state index in [2.05, 4.69) is 15.3 Å². The summed E-state index contributed by atoms with van der Waals surface area (Å²) in [7, 11) is 0. The first-order valence-corrected chi connectivity index (χ1v) is 8.51. The largest absolute Gasteiger partial charge is 0.377 e. The minimum Gasteiger partial charge on any atom is -0.377 e. The Balaban J connectivity index is 1.82. The zero-order valence-electron chi connectivity index (χ0n) is 11.7. The molecule has 114 valence electrons. The van der Waals surface area contributed by atoms with Crippen molar-refractivity contribution in [1.29, 1.82) is 0 Å². The van der Waals surface area contributed by atoms with Crippen molar-refractivity contribution in [3.05, 3.63) is 11.2 Å². The molecule has 1 saturated carbocycles. The van der Waals surface area contributed by atoms with Gasteiger partial charge in [0.05, 0.1) is 13.2 Å². The Hall–Kier alpha value is -1.05. The van der Waals surface area contributed by atoms with Crippen LogP contribution in [0.2, 0.25) is 5.15 Å². The van der Waals surface area contributed by atoms with Crippen molar-refractivity contribution in [3.63, 3.8) is 0 Å². The molecule has 1 aliphatic carbocycles. The van der Waals surface area contributed by atoms with E-state index < -0.39 is 0 Å². The predicted molar refractivity (Wildman–Crippen MR) is 81.9 cm³/mol. The summed E-state index contributed by atoms with van der Waals surface area (Å²) in [5.74, 6) is 0.677. The molecule has 1 aromatic heterocycles. The number of nitrogens with zero attached hydrogens (tertiary/aromatic N) is 3. The molecule has 2 heterocycles. The van der Waals surface area contributed by atoms with Crippen LogP contribution in [-0.2, 0) is 9.53 Å². The summed E-state index contributed by atoms with van der Waals surface area (Å²) in [6.07, 6.45) is 4.02. The number of carbonyl (C=O) groups excluding carboxylic acids is 1. The minimum absolute atomic E-state index is 0.00219. The van der Waals surface area contributed by atoms with E-state index in [0.29, 0.717) is 41.9 Å². The van der Waals surface area contributed by atoms with Crippen LogP contribution >= 0.6 is 23.4 Å². The molecule has 0 bridgehead atoms. The second-order valence-electron chi connectivity index (χ2n) is 5.10. The number of ether oxygens (including phenoxy) is 1. The number of morpholine rings is 1. The molecule has 21 heavy (non-hydrogen) atoms. The van der Waals surface area contributed by atoms with Gasteiger partial charge in [0, 0.05) is 18.7 Å². The van der Waals surface area contributed by atoms with E-state index in [1.54, 1.807) is 6.07 Å². The fourth-order valence-electron chi connectivity index (χ4n) is 2.24. The van der Waals surface area contributed by atoms with Gasteiger partial charge in [0.1, 0.15) is 17.0 Å². The van der Waals surface area contributed by atoms with E-state index in [1.807, 2.05) is 11.2 Å². The Morgan fingerprint density at radius 3 is 3.05 bits per heavy atom. The molecule has 2 aliphatic rings. The number of thioether (sulfide) groups is 1. The third kappa shape index (κ3) is 3.59. The minimum atomic E-state index is -0.361. The molecule has 8 heteroatoms. The Morgan fingerprint density at radius 1 is 1.52 bits per heavy atom. The average Bonchev–Trinajstić information content (AvgIpc) is 3.30. The van der Waals surface area contributed by atoms with Crippen molar-refractivity contribution in [3.8, 4) is 0 Å². The SMILES string of the molecule is CSc1nc(Cl)cc(N2CCOCC2C(=O)NC2CC2)n1. The first-order chi connectivity index (χ1) is 10.2. The van der Waals surface area contributed by atoms with Gasteiger partial charge in [-0.2, -0.15) is 0 Å². The quantitative estimate of drug-likeness (QED) is 0.511. The van der Waals surface area contributed by atoms with Crippen LogP contribution in [-0.4, -0.2) is 54.0 Å². The fourth-order valence-corrected chi connectivity index (χ4v) is 2.85.